The monoisotopic (exact) mass is 389 g/mol. The maximum Gasteiger partial charge on any atom is 0.321 e. The Labute approximate surface area is 159 Å². The molecule has 2 heterocycles. The van der Waals surface area contributed by atoms with Crippen LogP contribution in [-0.4, -0.2) is 39.3 Å². The molecule has 1 aromatic carbocycles. The van der Waals surface area contributed by atoms with Crippen molar-refractivity contribution < 1.29 is 14.5 Å². The molecule has 0 aliphatic carbocycles. The molecule has 0 bridgehead atoms. The van der Waals surface area contributed by atoms with E-state index in [9.17, 15) is 19.7 Å². The molecule has 2 aromatic rings. The van der Waals surface area contributed by atoms with Crippen LogP contribution in [0.3, 0.4) is 0 Å². The number of nitrogens with one attached hydrogen (secondary N) is 2. The summed E-state index contributed by atoms with van der Waals surface area (Å²) >= 11 is 1.33. The minimum Gasteiger partial charge on any atom is -0.336 e. The fraction of sp³-hybridized carbons (Fsp3) is 0.353. The number of urea groups is 1. The van der Waals surface area contributed by atoms with Crippen molar-refractivity contribution in [2.24, 2.45) is 0 Å². The van der Waals surface area contributed by atoms with Crippen LogP contribution in [0.1, 0.15) is 34.8 Å². The molecule has 2 N–H and O–H groups in total. The van der Waals surface area contributed by atoms with Gasteiger partial charge in [0.15, 0.2) is 5.13 Å². The van der Waals surface area contributed by atoms with Crippen molar-refractivity contribution in [1.82, 2.24) is 15.2 Å². The van der Waals surface area contributed by atoms with E-state index in [4.69, 9.17) is 0 Å². The molecule has 10 heteroatoms. The van der Waals surface area contributed by atoms with Crippen molar-refractivity contribution in [3.8, 4) is 0 Å². The van der Waals surface area contributed by atoms with E-state index in [-0.39, 0.29) is 29.2 Å². The normalized spacial score (nSPS) is 13.2. The quantitative estimate of drug-likeness (QED) is 0.616. The zero-order valence-corrected chi connectivity index (χ0v) is 15.7. The van der Waals surface area contributed by atoms with Crippen molar-refractivity contribution in [3.05, 3.63) is 50.5 Å². The van der Waals surface area contributed by atoms with Crippen LogP contribution in [0.5, 0.6) is 0 Å². The van der Waals surface area contributed by atoms with E-state index in [1.54, 1.807) is 11.0 Å². The number of benzene rings is 1. The summed E-state index contributed by atoms with van der Waals surface area (Å²) in [6.45, 7) is 4.56. The van der Waals surface area contributed by atoms with E-state index >= 15 is 0 Å². The van der Waals surface area contributed by atoms with Crippen LogP contribution >= 0.6 is 11.3 Å². The number of fused-ring (bicyclic) bond motifs is 1. The number of carbonyl (C=O) groups is 2. The number of nitrogens with zero attached hydrogens (tertiary/aromatic N) is 3. The number of rotatable bonds is 4. The third-order valence-corrected chi connectivity index (χ3v) is 4.96. The van der Waals surface area contributed by atoms with Crippen LogP contribution in [0.4, 0.5) is 15.6 Å². The molecule has 0 unspecified atom stereocenters. The number of nitro benzene ring substituents is 1. The van der Waals surface area contributed by atoms with E-state index < -0.39 is 4.92 Å². The molecular weight excluding hydrogens is 370 g/mol. The third kappa shape index (κ3) is 4.40. The maximum atomic E-state index is 12.7. The minimum atomic E-state index is -0.519. The van der Waals surface area contributed by atoms with Gasteiger partial charge in [-0.2, -0.15) is 0 Å². The Morgan fingerprint density at radius 1 is 1.37 bits per heavy atom. The van der Waals surface area contributed by atoms with E-state index in [1.807, 2.05) is 13.8 Å². The van der Waals surface area contributed by atoms with Crippen LogP contribution in [0.25, 0.3) is 0 Å². The molecule has 3 rings (SSSR count). The first kappa shape index (κ1) is 18.8. The van der Waals surface area contributed by atoms with Crippen LogP contribution < -0.4 is 10.6 Å². The lowest BCUT2D eigenvalue weighted by molar-refractivity contribution is -0.384. The number of carbonyl (C=O) groups excluding carboxylic acids is 2. The van der Waals surface area contributed by atoms with Gasteiger partial charge >= 0.3 is 6.03 Å². The highest BCUT2D eigenvalue weighted by atomic mass is 32.1. The Morgan fingerprint density at radius 3 is 2.85 bits per heavy atom. The van der Waals surface area contributed by atoms with Gasteiger partial charge in [0, 0.05) is 41.6 Å². The number of non-ortho nitro benzene ring substituents is 1. The Kier molecular flexibility index (Phi) is 5.36. The predicted octanol–water partition coefficient (Wildman–Crippen LogP) is 2.78. The maximum absolute atomic E-state index is 12.7. The topological polar surface area (TPSA) is 117 Å². The Morgan fingerprint density at radius 2 is 2.15 bits per heavy atom. The number of nitro groups is 1. The summed E-state index contributed by atoms with van der Waals surface area (Å²) < 4.78 is 0. The molecule has 142 valence electrons. The highest BCUT2D eigenvalue weighted by molar-refractivity contribution is 7.15. The Hall–Kier alpha value is -3.01. The fourth-order valence-electron chi connectivity index (χ4n) is 2.75. The third-order valence-electron chi connectivity index (χ3n) is 3.96. The van der Waals surface area contributed by atoms with Crippen molar-refractivity contribution >= 4 is 34.1 Å². The lowest BCUT2D eigenvalue weighted by atomic mass is 10.1. The summed E-state index contributed by atoms with van der Waals surface area (Å²) in [5.41, 5.74) is 1.04. The van der Waals surface area contributed by atoms with Crippen LogP contribution in [0.2, 0.25) is 0 Å². The first-order chi connectivity index (χ1) is 12.8. The molecule has 3 amide bonds. The van der Waals surface area contributed by atoms with Crippen molar-refractivity contribution in [2.75, 3.05) is 11.9 Å². The average molecular weight is 389 g/mol. The number of hydrogen-bond donors (Lipinski definition) is 2. The van der Waals surface area contributed by atoms with Gasteiger partial charge in [0.05, 0.1) is 17.2 Å². The van der Waals surface area contributed by atoms with E-state index in [0.717, 1.165) is 10.6 Å². The fourth-order valence-corrected chi connectivity index (χ4v) is 3.77. The van der Waals surface area contributed by atoms with E-state index in [0.29, 0.717) is 24.6 Å². The second kappa shape index (κ2) is 7.70. The summed E-state index contributed by atoms with van der Waals surface area (Å²) in [7, 11) is 0. The number of hydrogen-bond acceptors (Lipinski definition) is 6. The molecular formula is C17H19N5O4S. The highest BCUT2D eigenvalue weighted by Crippen LogP contribution is 2.29. The first-order valence-corrected chi connectivity index (χ1v) is 9.25. The SMILES string of the molecule is CC(C)NC(=O)Nc1nc2c(s1)CN(C(=O)c1cccc([N+](=O)[O-])c1)CC2. The smallest absolute Gasteiger partial charge is 0.321 e. The molecule has 0 radical (unpaired) electrons. The second-order valence-corrected chi connectivity index (χ2v) is 7.51. The second-order valence-electron chi connectivity index (χ2n) is 6.43. The number of thiazole rings is 1. The zero-order chi connectivity index (χ0) is 19.6. The number of amides is 3. The number of anilines is 1. The minimum absolute atomic E-state index is 0.0163. The van der Waals surface area contributed by atoms with Gasteiger partial charge in [-0.05, 0) is 19.9 Å². The average Bonchev–Trinajstić information content (AvgIpc) is 3.01. The lowest BCUT2D eigenvalue weighted by Gasteiger charge is -2.26. The standard InChI is InChI=1S/C17H19N5O4S/c1-10(2)18-16(24)20-17-19-13-6-7-21(9-14(13)27-17)15(23)11-4-3-5-12(8-11)22(25)26/h3-5,8,10H,6-7,9H2,1-2H3,(H2,18,19,20,24). The first-order valence-electron chi connectivity index (χ1n) is 8.43. The summed E-state index contributed by atoms with van der Waals surface area (Å²) in [5.74, 6) is -0.259. The van der Waals surface area contributed by atoms with Crippen LogP contribution in [-0.2, 0) is 13.0 Å². The highest BCUT2D eigenvalue weighted by Gasteiger charge is 2.26. The van der Waals surface area contributed by atoms with E-state index in [2.05, 4.69) is 15.6 Å². The number of aromatic nitrogens is 1. The molecule has 1 aromatic heterocycles. The van der Waals surface area contributed by atoms with Crippen molar-refractivity contribution in [2.45, 2.75) is 32.9 Å². The summed E-state index contributed by atoms with van der Waals surface area (Å²) in [4.78, 5) is 41.9. The van der Waals surface area contributed by atoms with Gasteiger partial charge in [0.1, 0.15) is 0 Å². The zero-order valence-electron chi connectivity index (χ0n) is 14.9. The molecule has 1 aliphatic heterocycles. The van der Waals surface area contributed by atoms with Crippen molar-refractivity contribution in [1.29, 1.82) is 0 Å². The Bertz CT molecular complexity index is 895. The van der Waals surface area contributed by atoms with Gasteiger partial charge in [-0.15, -0.1) is 0 Å². The molecule has 0 atom stereocenters. The molecule has 0 saturated carbocycles. The lowest BCUT2D eigenvalue weighted by Crippen LogP contribution is -2.35. The van der Waals surface area contributed by atoms with Gasteiger partial charge in [-0.3, -0.25) is 20.2 Å². The summed E-state index contributed by atoms with van der Waals surface area (Å²) in [6, 6.07) is 5.41. The van der Waals surface area contributed by atoms with Crippen LogP contribution in [0.15, 0.2) is 24.3 Å². The Balaban J connectivity index is 1.71. The van der Waals surface area contributed by atoms with Gasteiger partial charge in [0.2, 0.25) is 0 Å². The summed E-state index contributed by atoms with van der Waals surface area (Å²) in [5, 5.41) is 16.8. The molecule has 1 aliphatic rings. The van der Waals surface area contributed by atoms with Gasteiger partial charge in [0.25, 0.3) is 11.6 Å². The van der Waals surface area contributed by atoms with Gasteiger partial charge < -0.3 is 10.2 Å². The molecule has 0 saturated heterocycles. The van der Waals surface area contributed by atoms with E-state index in [1.165, 1.54) is 29.5 Å². The predicted molar refractivity (Wildman–Crippen MR) is 101 cm³/mol. The molecule has 27 heavy (non-hydrogen) atoms. The molecule has 0 spiro atoms. The van der Waals surface area contributed by atoms with Crippen LogP contribution in [0, 0.1) is 10.1 Å². The molecule has 0 fully saturated rings. The van der Waals surface area contributed by atoms with Crippen molar-refractivity contribution in [3.63, 3.8) is 0 Å². The largest absolute Gasteiger partial charge is 0.336 e. The van der Waals surface area contributed by atoms with Gasteiger partial charge in [-0.1, -0.05) is 17.4 Å². The molecule has 9 nitrogen and oxygen atoms in total. The van der Waals surface area contributed by atoms with Gasteiger partial charge in [-0.25, -0.2) is 9.78 Å². The summed E-state index contributed by atoms with van der Waals surface area (Å²) in [6.07, 6.45) is 0.569.